The molecular formula is C15H14FNO4. The van der Waals surface area contributed by atoms with Crippen LogP contribution in [0.4, 0.5) is 14.9 Å². The van der Waals surface area contributed by atoms with E-state index in [1.807, 2.05) is 0 Å². The second-order valence-corrected chi connectivity index (χ2v) is 4.02. The van der Waals surface area contributed by atoms with Crippen molar-refractivity contribution in [2.75, 3.05) is 19.5 Å². The summed E-state index contributed by atoms with van der Waals surface area (Å²) in [5, 5.41) is 2.48. The Morgan fingerprint density at radius 3 is 2.14 bits per heavy atom. The van der Waals surface area contributed by atoms with Crippen LogP contribution in [0.25, 0.3) is 0 Å². The average molecular weight is 291 g/mol. The molecule has 1 N–H and O–H groups in total. The number of methoxy groups -OCH3 is 2. The van der Waals surface area contributed by atoms with Crippen LogP contribution < -0.4 is 19.5 Å². The molecule has 0 bridgehead atoms. The van der Waals surface area contributed by atoms with Gasteiger partial charge in [-0.25, -0.2) is 4.79 Å². The van der Waals surface area contributed by atoms with Crippen LogP contribution in [-0.4, -0.2) is 20.3 Å². The number of benzene rings is 2. The van der Waals surface area contributed by atoms with E-state index in [0.29, 0.717) is 11.4 Å². The van der Waals surface area contributed by atoms with E-state index in [1.54, 1.807) is 30.3 Å². The van der Waals surface area contributed by atoms with E-state index in [-0.39, 0.29) is 11.5 Å². The summed E-state index contributed by atoms with van der Waals surface area (Å²) >= 11 is 0. The molecule has 0 spiro atoms. The van der Waals surface area contributed by atoms with E-state index in [2.05, 4.69) is 5.32 Å². The fraction of sp³-hybridized carbons (Fsp3) is 0.133. The minimum absolute atomic E-state index is 0.0376. The molecule has 0 saturated heterocycles. The Morgan fingerprint density at radius 1 is 1.05 bits per heavy atom. The van der Waals surface area contributed by atoms with Gasteiger partial charge in [0.25, 0.3) is 0 Å². The molecule has 5 nitrogen and oxygen atoms in total. The van der Waals surface area contributed by atoms with Gasteiger partial charge in [-0.15, -0.1) is 0 Å². The van der Waals surface area contributed by atoms with Crippen molar-refractivity contribution < 1.29 is 23.4 Å². The minimum Gasteiger partial charge on any atom is -0.493 e. The lowest BCUT2D eigenvalue weighted by Crippen LogP contribution is -2.16. The molecule has 2 rings (SSSR count). The number of hydrogen-bond acceptors (Lipinski definition) is 4. The lowest BCUT2D eigenvalue weighted by molar-refractivity contribution is 0.215. The predicted molar refractivity (Wildman–Crippen MR) is 75.6 cm³/mol. The molecule has 0 fully saturated rings. The van der Waals surface area contributed by atoms with Gasteiger partial charge < -0.3 is 14.2 Å². The highest BCUT2D eigenvalue weighted by Gasteiger charge is 2.14. The summed E-state index contributed by atoms with van der Waals surface area (Å²) in [6.07, 6.45) is -0.697. The van der Waals surface area contributed by atoms with Crippen molar-refractivity contribution in [1.82, 2.24) is 0 Å². The Kier molecular flexibility index (Phi) is 4.61. The first-order valence-corrected chi connectivity index (χ1v) is 6.09. The van der Waals surface area contributed by atoms with Crippen molar-refractivity contribution in [3.63, 3.8) is 0 Å². The first kappa shape index (κ1) is 14.6. The van der Waals surface area contributed by atoms with Crippen LogP contribution in [0, 0.1) is 5.82 Å². The zero-order chi connectivity index (χ0) is 15.2. The highest BCUT2D eigenvalue weighted by atomic mass is 19.1. The maximum atomic E-state index is 13.7. The monoisotopic (exact) mass is 291 g/mol. The number of carbonyl (C=O) groups is 1. The smallest absolute Gasteiger partial charge is 0.417 e. The molecule has 6 heteroatoms. The van der Waals surface area contributed by atoms with Gasteiger partial charge >= 0.3 is 6.09 Å². The number of anilines is 1. The molecule has 0 radical (unpaired) electrons. The number of nitrogens with one attached hydrogen (secondary N) is 1. The summed E-state index contributed by atoms with van der Waals surface area (Å²) in [6.45, 7) is 0. The van der Waals surface area contributed by atoms with Gasteiger partial charge in [0.05, 0.1) is 19.9 Å². The summed E-state index contributed by atoms with van der Waals surface area (Å²) in [4.78, 5) is 11.8. The molecule has 2 aromatic carbocycles. The number of ether oxygens (including phenoxy) is 3. The van der Waals surface area contributed by atoms with Gasteiger partial charge in [-0.1, -0.05) is 18.2 Å². The van der Waals surface area contributed by atoms with Crippen LogP contribution >= 0.6 is 0 Å². The van der Waals surface area contributed by atoms with Crippen molar-refractivity contribution in [2.45, 2.75) is 0 Å². The van der Waals surface area contributed by atoms with Crippen molar-refractivity contribution in [3.8, 4) is 17.2 Å². The van der Waals surface area contributed by atoms with Crippen molar-refractivity contribution in [3.05, 3.63) is 48.3 Å². The fourth-order valence-corrected chi connectivity index (χ4v) is 1.68. The standard InChI is InChI=1S/C15H14FNO4/c1-19-12-8-10(9-13(20-2)14(12)16)17-15(18)21-11-6-4-3-5-7-11/h3-9H,1-2H3,(H,17,18). The second-order valence-electron chi connectivity index (χ2n) is 4.02. The maximum Gasteiger partial charge on any atom is 0.417 e. The van der Waals surface area contributed by atoms with E-state index in [1.165, 1.54) is 26.4 Å². The topological polar surface area (TPSA) is 56.8 Å². The number of carbonyl (C=O) groups excluding carboxylic acids is 1. The molecule has 0 aliphatic carbocycles. The van der Waals surface area contributed by atoms with Crippen LogP contribution in [0.3, 0.4) is 0 Å². The van der Waals surface area contributed by atoms with Gasteiger partial charge in [0, 0.05) is 12.1 Å². The SMILES string of the molecule is COc1cc(NC(=O)Oc2ccccc2)cc(OC)c1F. The van der Waals surface area contributed by atoms with Crippen molar-refractivity contribution in [1.29, 1.82) is 0 Å². The number of para-hydroxylation sites is 1. The molecule has 0 saturated carbocycles. The quantitative estimate of drug-likeness (QED) is 0.937. The number of halogens is 1. The van der Waals surface area contributed by atoms with Crippen molar-refractivity contribution >= 4 is 11.8 Å². The summed E-state index contributed by atoms with van der Waals surface area (Å²) in [5.41, 5.74) is 0.297. The minimum atomic E-state index is -0.697. The first-order chi connectivity index (χ1) is 10.1. The molecule has 0 aromatic heterocycles. The second kappa shape index (κ2) is 6.60. The third-order valence-electron chi connectivity index (χ3n) is 2.65. The van der Waals surface area contributed by atoms with Crippen LogP contribution in [0.15, 0.2) is 42.5 Å². The Morgan fingerprint density at radius 2 is 1.62 bits per heavy atom. The molecule has 2 aromatic rings. The highest BCUT2D eigenvalue weighted by molar-refractivity contribution is 5.87. The molecule has 0 aliphatic heterocycles. The number of hydrogen-bond donors (Lipinski definition) is 1. The third kappa shape index (κ3) is 3.62. The molecule has 0 aliphatic rings. The Labute approximate surface area is 121 Å². The maximum absolute atomic E-state index is 13.7. The predicted octanol–water partition coefficient (Wildman–Crippen LogP) is 3.45. The fourth-order valence-electron chi connectivity index (χ4n) is 1.68. The largest absolute Gasteiger partial charge is 0.493 e. The molecule has 110 valence electrons. The lowest BCUT2D eigenvalue weighted by atomic mass is 10.2. The van der Waals surface area contributed by atoms with Gasteiger partial charge in [0.2, 0.25) is 5.82 Å². The molecule has 0 heterocycles. The summed E-state index contributed by atoms with van der Waals surface area (Å²) in [6, 6.07) is 11.3. The molecule has 21 heavy (non-hydrogen) atoms. The Balaban J connectivity index is 2.14. The molecule has 0 unspecified atom stereocenters. The molecule has 0 atom stereocenters. The number of amides is 1. The molecule has 1 amide bonds. The first-order valence-electron chi connectivity index (χ1n) is 6.09. The van der Waals surface area contributed by atoms with Gasteiger partial charge in [-0.3, -0.25) is 5.32 Å². The van der Waals surface area contributed by atoms with Crippen LogP contribution in [0.1, 0.15) is 0 Å². The zero-order valence-electron chi connectivity index (χ0n) is 11.6. The lowest BCUT2D eigenvalue weighted by Gasteiger charge is -2.11. The average Bonchev–Trinajstić information content (AvgIpc) is 2.49. The third-order valence-corrected chi connectivity index (χ3v) is 2.65. The summed E-state index contributed by atoms with van der Waals surface area (Å²) in [7, 11) is 2.65. The summed E-state index contributed by atoms with van der Waals surface area (Å²) in [5.74, 6) is -0.313. The normalized spacial score (nSPS) is 9.86. The van der Waals surface area contributed by atoms with Crippen LogP contribution in [-0.2, 0) is 0 Å². The molecular weight excluding hydrogens is 277 g/mol. The van der Waals surface area contributed by atoms with Crippen molar-refractivity contribution in [2.24, 2.45) is 0 Å². The van der Waals surface area contributed by atoms with E-state index < -0.39 is 11.9 Å². The van der Waals surface area contributed by atoms with E-state index in [4.69, 9.17) is 14.2 Å². The van der Waals surface area contributed by atoms with Crippen LogP contribution in [0.5, 0.6) is 17.2 Å². The van der Waals surface area contributed by atoms with E-state index >= 15 is 0 Å². The van der Waals surface area contributed by atoms with Crippen LogP contribution in [0.2, 0.25) is 0 Å². The van der Waals surface area contributed by atoms with E-state index in [0.717, 1.165) is 0 Å². The summed E-state index contributed by atoms with van der Waals surface area (Å²) < 4.78 is 28.6. The van der Waals surface area contributed by atoms with Gasteiger partial charge in [-0.2, -0.15) is 4.39 Å². The highest BCUT2D eigenvalue weighted by Crippen LogP contribution is 2.31. The Hall–Kier alpha value is -2.76. The van der Waals surface area contributed by atoms with Gasteiger partial charge in [-0.05, 0) is 12.1 Å². The Bertz CT molecular complexity index is 606. The van der Waals surface area contributed by atoms with E-state index in [9.17, 15) is 9.18 Å². The van der Waals surface area contributed by atoms with Gasteiger partial charge in [0.1, 0.15) is 5.75 Å². The number of rotatable bonds is 4. The zero-order valence-corrected chi connectivity index (χ0v) is 11.6. The van der Waals surface area contributed by atoms with Gasteiger partial charge in [0.15, 0.2) is 11.5 Å².